The first-order valence-corrected chi connectivity index (χ1v) is 5.06. The van der Waals surface area contributed by atoms with E-state index >= 15 is 0 Å². The molecule has 0 aliphatic heterocycles. The van der Waals surface area contributed by atoms with E-state index in [1.807, 2.05) is 13.8 Å². The number of hydrogen-bond donors (Lipinski definition) is 2. The van der Waals surface area contributed by atoms with Gasteiger partial charge in [-0.15, -0.1) is 0 Å². The summed E-state index contributed by atoms with van der Waals surface area (Å²) in [5, 5.41) is 18.0. The molecule has 0 spiro atoms. The summed E-state index contributed by atoms with van der Waals surface area (Å²) < 4.78 is 0. The van der Waals surface area contributed by atoms with Crippen molar-refractivity contribution in [3.8, 4) is 22.9 Å². The second kappa shape index (κ2) is 5.70. The minimum absolute atomic E-state index is 0.118. The fourth-order valence-electron chi connectivity index (χ4n) is 1.08. The Balaban J connectivity index is 0.000000606. The normalized spacial score (nSPS) is 9.12. The lowest BCUT2D eigenvalue weighted by Gasteiger charge is -1.99. The highest BCUT2D eigenvalue weighted by atomic mass is 16.3. The number of aromatic nitrogens is 2. The van der Waals surface area contributed by atoms with Gasteiger partial charge in [-0.25, -0.2) is 0 Å². The first-order valence-electron chi connectivity index (χ1n) is 5.06. The molecule has 0 saturated heterocycles. The maximum Gasteiger partial charge on any atom is 0.133 e. The van der Waals surface area contributed by atoms with Crippen LogP contribution in [-0.4, -0.2) is 20.2 Å². The van der Waals surface area contributed by atoms with Gasteiger partial charge in [-0.1, -0.05) is 13.8 Å². The Morgan fingerprint density at radius 2 is 1.12 bits per heavy atom. The van der Waals surface area contributed by atoms with Crippen LogP contribution in [0.4, 0.5) is 0 Å². The van der Waals surface area contributed by atoms with E-state index in [0.29, 0.717) is 11.4 Å². The molecule has 16 heavy (non-hydrogen) atoms. The summed E-state index contributed by atoms with van der Waals surface area (Å²) in [6, 6.07) is 6.40. The second-order valence-electron chi connectivity index (χ2n) is 2.80. The van der Waals surface area contributed by atoms with Gasteiger partial charge in [0.1, 0.15) is 11.5 Å². The Labute approximate surface area is 94.3 Å². The fraction of sp³-hybridized carbons (Fsp3) is 0.167. The SMILES string of the molecule is CC.Oc1ccc(-c2ccc(O)cn2)nc1. The number of rotatable bonds is 1. The van der Waals surface area contributed by atoms with Crippen LogP contribution in [-0.2, 0) is 0 Å². The van der Waals surface area contributed by atoms with Crippen molar-refractivity contribution in [1.82, 2.24) is 9.97 Å². The zero-order valence-corrected chi connectivity index (χ0v) is 9.25. The van der Waals surface area contributed by atoms with Gasteiger partial charge in [0.15, 0.2) is 0 Å². The second-order valence-corrected chi connectivity index (χ2v) is 2.80. The van der Waals surface area contributed by atoms with Gasteiger partial charge in [-0.2, -0.15) is 0 Å². The van der Waals surface area contributed by atoms with Gasteiger partial charge >= 0.3 is 0 Å². The summed E-state index contributed by atoms with van der Waals surface area (Å²) >= 11 is 0. The molecule has 0 aliphatic carbocycles. The number of nitrogens with zero attached hydrogens (tertiary/aromatic N) is 2. The van der Waals surface area contributed by atoms with Crippen molar-refractivity contribution < 1.29 is 10.2 Å². The molecule has 4 heteroatoms. The van der Waals surface area contributed by atoms with E-state index in [1.165, 1.54) is 24.5 Å². The first kappa shape index (κ1) is 12.0. The maximum absolute atomic E-state index is 9.02. The predicted molar refractivity (Wildman–Crippen MR) is 62.1 cm³/mol. The van der Waals surface area contributed by atoms with Crippen molar-refractivity contribution in [3.05, 3.63) is 36.7 Å². The average Bonchev–Trinajstić information content (AvgIpc) is 2.34. The molecule has 0 amide bonds. The summed E-state index contributed by atoms with van der Waals surface area (Å²) in [7, 11) is 0. The Bertz CT molecular complexity index is 380. The largest absolute Gasteiger partial charge is 0.506 e. The van der Waals surface area contributed by atoms with Crippen LogP contribution in [0.3, 0.4) is 0 Å². The van der Waals surface area contributed by atoms with Crippen LogP contribution < -0.4 is 0 Å². The van der Waals surface area contributed by atoms with Crippen LogP contribution >= 0.6 is 0 Å². The monoisotopic (exact) mass is 218 g/mol. The smallest absolute Gasteiger partial charge is 0.133 e. The molecular weight excluding hydrogens is 204 g/mol. The molecule has 4 nitrogen and oxygen atoms in total. The Kier molecular flexibility index (Phi) is 4.27. The topological polar surface area (TPSA) is 66.2 Å². The van der Waals surface area contributed by atoms with Crippen molar-refractivity contribution >= 4 is 0 Å². The van der Waals surface area contributed by atoms with Crippen molar-refractivity contribution in [1.29, 1.82) is 0 Å². The fourth-order valence-corrected chi connectivity index (χ4v) is 1.08. The van der Waals surface area contributed by atoms with Crippen LogP contribution in [0.5, 0.6) is 11.5 Å². The number of aromatic hydroxyl groups is 2. The van der Waals surface area contributed by atoms with E-state index in [9.17, 15) is 0 Å². The van der Waals surface area contributed by atoms with Gasteiger partial charge in [-0.05, 0) is 24.3 Å². The van der Waals surface area contributed by atoms with E-state index in [1.54, 1.807) is 12.1 Å². The summed E-state index contributed by atoms with van der Waals surface area (Å²) in [4.78, 5) is 7.97. The van der Waals surface area contributed by atoms with E-state index < -0.39 is 0 Å². The zero-order valence-electron chi connectivity index (χ0n) is 9.25. The van der Waals surface area contributed by atoms with Crippen molar-refractivity contribution in [3.63, 3.8) is 0 Å². The summed E-state index contributed by atoms with van der Waals surface area (Å²) in [6.07, 6.45) is 2.70. The Morgan fingerprint density at radius 1 is 0.750 bits per heavy atom. The molecule has 2 N–H and O–H groups in total. The quantitative estimate of drug-likeness (QED) is 0.772. The van der Waals surface area contributed by atoms with Crippen molar-refractivity contribution in [2.24, 2.45) is 0 Å². The molecule has 0 aliphatic rings. The third-order valence-corrected chi connectivity index (χ3v) is 1.76. The van der Waals surface area contributed by atoms with Crippen molar-refractivity contribution in [2.75, 3.05) is 0 Å². The van der Waals surface area contributed by atoms with Crippen LogP contribution in [0.15, 0.2) is 36.7 Å². The molecule has 84 valence electrons. The summed E-state index contributed by atoms with van der Waals surface area (Å²) in [6.45, 7) is 4.00. The molecule has 0 fully saturated rings. The highest BCUT2D eigenvalue weighted by Crippen LogP contribution is 2.18. The third kappa shape index (κ3) is 2.95. The van der Waals surface area contributed by atoms with Gasteiger partial charge in [0, 0.05) is 0 Å². The van der Waals surface area contributed by atoms with Crippen LogP contribution in [0, 0.1) is 0 Å². The summed E-state index contributed by atoms with van der Waals surface area (Å²) in [5.74, 6) is 0.236. The van der Waals surface area contributed by atoms with Gasteiger partial charge in [0.05, 0.1) is 23.8 Å². The molecule has 0 bridgehead atoms. The van der Waals surface area contributed by atoms with E-state index in [-0.39, 0.29) is 11.5 Å². The molecule has 2 aromatic rings. The minimum atomic E-state index is 0.118. The van der Waals surface area contributed by atoms with Crippen molar-refractivity contribution in [2.45, 2.75) is 13.8 Å². The Morgan fingerprint density at radius 3 is 1.38 bits per heavy atom. The lowest BCUT2D eigenvalue weighted by atomic mass is 10.2. The standard InChI is InChI=1S/C10H8N2O2.C2H6/c13-7-1-3-9(11-5-7)10-4-2-8(14)6-12-10;1-2/h1-6,13-14H;1-2H3. The predicted octanol–water partition coefficient (Wildman–Crippen LogP) is 2.58. The molecule has 0 radical (unpaired) electrons. The first-order chi connectivity index (χ1) is 7.75. The molecule has 2 aromatic heterocycles. The molecule has 0 unspecified atom stereocenters. The maximum atomic E-state index is 9.02. The molecule has 2 rings (SSSR count). The number of pyridine rings is 2. The van der Waals surface area contributed by atoms with Crippen LogP contribution in [0.1, 0.15) is 13.8 Å². The number of hydrogen-bond acceptors (Lipinski definition) is 4. The lowest BCUT2D eigenvalue weighted by molar-refractivity contribution is 0.471. The lowest BCUT2D eigenvalue weighted by Crippen LogP contribution is -1.85. The van der Waals surface area contributed by atoms with Gasteiger partial charge in [0.2, 0.25) is 0 Å². The van der Waals surface area contributed by atoms with Crippen LogP contribution in [0.25, 0.3) is 11.4 Å². The molecule has 0 aromatic carbocycles. The zero-order chi connectivity index (χ0) is 12.0. The van der Waals surface area contributed by atoms with Gasteiger partial charge in [-0.3, -0.25) is 9.97 Å². The molecule has 0 saturated carbocycles. The van der Waals surface area contributed by atoms with E-state index in [4.69, 9.17) is 10.2 Å². The minimum Gasteiger partial charge on any atom is -0.506 e. The third-order valence-electron chi connectivity index (χ3n) is 1.76. The molecule has 2 heterocycles. The highest BCUT2D eigenvalue weighted by Gasteiger charge is 2.00. The average molecular weight is 218 g/mol. The van der Waals surface area contributed by atoms with E-state index in [0.717, 1.165) is 0 Å². The molecule has 0 atom stereocenters. The summed E-state index contributed by atoms with van der Waals surface area (Å²) in [5.41, 5.74) is 1.31. The van der Waals surface area contributed by atoms with E-state index in [2.05, 4.69) is 9.97 Å². The Hall–Kier alpha value is -2.10. The van der Waals surface area contributed by atoms with Gasteiger partial charge < -0.3 is 10.2 Å². The molecular formula is C12H14N2O2. The van der Waals surface area contributed by atoms with Gasteiger partial charge in [0.25, 0.3) is 0 Å². The van der Waals surface area contributed by atoms with Crippen LogP contribution in [0.2, 0.25) is 0 Å². The highest BCUT2D eigenvalue weighted by molar-refractivity contribution is 5.54.